The number of carbonyl (C=O) groups is 1. The van der Waals surface area contributed by atoms with E-state index in [1.807, 2.05) is 0 Å². The predicted molar refractivity (Wildman–Crippen MR) is 60.5 cm³/mol. The number of rotatable bonds is 3. The molecule has 0 saturated heterocycles. The average molecular weight is 257 g/mol. The molecule has 5 heteroatoms. The molecule has 0 aromatic heterocycles. The Hall–Kier alpha value is -1.52. The molecule has 1 fully saturated rings. The fraction of sp³-hybridized carbons (Fsp3) is 0.462. The summed E-state index contributed by atoms with van der Waals surface area (Å²) in [6, 6.07) is 1.11. The maximum atomic E-state index is 13.7. The second-order valence-electron chi connectivity index (χ2n) is 4.95. The maximum absolute atomic E-state index is 13.7. The first-order valence-corrected chi connectivity index (χ1v) is 5.83. The van der Waals surface area contributed by atoms with E-state index in [9.17, 15) is 18.0 Å². The van der Waals surface area contributed by atoms with E-state index in [1.54, 1.807) is 13.8 Å². The molecule has 2 nitrogen and oxygen atoms in total. The number of hydrogen-bond acceptors (Lipinski definition) is 1. The number of carbonyl (C=O) groups excluding carboxylic acids is 1. The van der Waals surface area contributed by atoms with Crippen LogP contribution in [0.5, 0.6) is 0 Å². The standard InChI is InChI=1S/C13H14F3NO/c1-7(2)17-12(18)13(3-4-13)11-9(15)5-8(14)6-10(11)16/h5-7H,3-4H2,1-2H3,(H,17,18). The van der Waals surface area contributed by atoms with Crippen LogP contribution < -0.4 is 5.32 Å². The largest absolute Gasteiger partial charge is 0.353 e. The van der Waals surface area contributed by atoms with Crippen molar-refractivity contribution >= 4 is 5.91 Å². The second-order valence-corrected chi connectivity index (χ2v) is 4.95. The van der Waals surface area contributed by atoms with Crippen molar-refractivity contribution in [3.05, 3.63) is 35.1 Å². The summed E-state index contributed by atoms with van der Waals surface area (Å²) in [5.41, 5.74) is -1.48. The third-order valence-corrected chi connectivity index (χ3v) is 3.09. The van der Waals surface area contributed by atoms with Crippen molar-refractivity contribution in [2.45, 2.75) is 38.1 Å². The molecule has 0 heterocycles. The van der Waals surface area contributed by atoms with Crippen LogP contribution in [0, 0.1) is 17.5 Å². The first-order chi connectivity index (χ1) is 8.36. The molecule has 1 N–H and O–H groups in total. The lowest BCUT2D eigenvalue weighted by Gasteiger charge is -2.19. The first kappa shape index (κ1) is 12.9. The zero-order valence-electron chi connectivity index (χ0n) is 10.2. The minimum atomic E-state index is -1.16. The van der Waals surface area contributed by atoms with Crippen LogP contribution in [0.1, 0.15) is 32.3 Å². The van der Waals surface area contributed by atoms with Gasteiger partial charge in [0.1, 0.15) is 17.5 Å². The molecule has 98 valence electrons. The van der Waals surface area contributed by atoms with Crippen LogP contribution in [0.2, 0.25) is 0 Å². The third-order valence-electron chi connectivity index (χ3n) is 3.09. The molecule has 0 radical (unpaired) electrons. The Morgan fingerprint density at radius 3 is 2.11 bits per heavy atom. The molecule has 1 saturated carbocycles. The Kier molecular flexibility index (Phi) is 3.09. The molecule has 1 aliphatic rings. The minimum absolute atomic E-state index is 0.110. The van der Waals surface area contributed by atoms with Crippen molar-refractivity contribution in [3.8, 4) is 0 Å². The number of benzene rings is 1. The number of nitrogens with one attached hydrogen (secondary N) is 1. The normalized spacial score (nSPS) is 16.8. The molecule has 1 aromatic rings. The summed E-state index contributed by atoms with van der Waals surface area (Å²) >= 11 is 0. The molecular formula is C13H14F3NO. The molecule has 1 aliphatic carbocycles. The summed E-state index contributed by atoms with van der Waals surface area (Å²) < 4.78 is 40.2. The van der Waals surface area contributed by atoms with Crippen molar-refractivity contribution in [2.75, 3.05) is 0 Å². The van der Waals surface area contributed by atoms with Gasteiger partial charge in [-0.25, -0.2) is 13.2 Å². The van der Waals surface area contributed by atoms with Crippen molar-refractivity contribution in [1.29, 1.82) is 0 Å². The second kappa shape index (κ2) is 4.30. The first-order valence-electron chi connectivity index (χ1n) is 5.83. The number of amides is 1. The molecule has 18 heavy (non-hydrogen) atoms. The van der Waals surface area contributed by atoms with E-state index in [0.29, 0.717) is 25.0 Å². The Morgan fingerprint density at radius 1 is 1.22 bits per heavy atom. The van der Waals surface area contributed by atoms with Crippen LogP contribution in [-0.2, 0) is 10.2 Å². The van der Waals surface area contributed by atoms with Gasteiger partial charge in [0.2, 0.25) is 5.91 Å². The summed E-state index contributed by atoms with van der Waals surface area (Å²) in [4.78, 5) is 12.0. The molecule has 0 bridgehead atoms. The van der Waals surface area contributed by atoms with Gasteiger partial charge in [-0.3, -0.25) is 4.79 Å². The topological polar surface area (TPSA) is 29.1 Å². The lowest BCUT2D eigenvalue weighted by Crippen LogP contribution is -2.39. The van der Waals surface area contributed by atoms with Gasteiger partial charge in [0.25, 0.3) is 0 Å². The fourth-order valence-electron chi connectivity index (χ4n) is 2.12. The van der Waals surface area contributed by atoms with Gasteiger partial charge in [-0.1, -0.05) is 0 Å². The Morgan fingerprint density at radius 2 is 1.72 bits per heavy atom. The molecule has 2 rings (SSSR count). The molecule has 0 aliphatic heterocycles. The lowest BCUT2D eigenvalue weighted by molar-refractivity contribution is -0.124. The highest BCUT2D eigenvalue weighted by molar-refractivity contribution is 5.91. The minimum Gasteiger partial charge on any atom is -0.353 e. The molecule has 0 atom stereocenters. The fourth-order valence-corrected chi connectivity index (χ4v) is 2.12. The zero-order chi connectivity index (χ0) is 13.5. The van der Waals surface area contributed by atoms with Gasteiger partial charge in [0.05, 0.1) is 5.41 Å². The van der Waals surface area contributed by atoms with Gasteiger partial charge in [-0.15, -0.1) is 0 Å². The quantitative estimate of drug-likeness (QED) is 0.886. The van der Waals surface area contributed by atoms with Gasteiger partial charge in [0, 0.05) is 23.7 Å². The number of hydrogen-bond donors (Lipinski definition) is 1. The zero-order valence-corrected chi connectivity index (χ0v) is 10.2. The van der Waals surface area contributed by atoms with Crippen molar-refractivity contribution in [3.63, 3.8) is 0 Å². The highest BCUT2D eigenvalue weighted by Gasteiger charge is 2.54. The average Bonchev–Trinajstić information content (AvgIpc) is 2.96. The predicted octanol–water partition coefficient (Wildman–Crippen LogP) is 2.66. The summed E-state index contributed by atoms with van der Waals surface area (Å²) in [7, 11) is 0. The van der Waals surface area contributed by atoms with Gasteiger partial charge < -0.3 is 5.32 Å². The molecular weight excluding hydrogens is 243 g/mol. The lowest BCUT2D eigenvalue weighted by atomic mass is 9.93. The van der Waals surface area contributed by atoms with Crippen LogP contribution in [0.3, 0.4) is 0 Å². The van der Waals surface area contributed by atoms with Crippen LogP contribution >= 0.6 is 0 Å². The van der Waals surface area contributed by atoms with Crippen LogP contribution in [0.4, 0.5) is 13.2 Å². The molecule has 1 aromatic carbocycles. The summed E-state index contributed by atoms with van der Waals surface area (Å²) in [5, 5.41) is 2.65. The smallest absolute Gasteiger partial charge is 0.231 e. The highest BCUT2D eigenvalue weighted by Crippen LogP contribution is 2.50. The van der Waals surface area contributed by atoms with E-state index >= 15 is 0 Å². The Labute approximate surface area is 103 Å². The van der Waals surface area contributed by atoms with E-state index < -0.39 is 28.8 Å². The summed E-state index contributed by atoms with van der Waals surface area (Å²) in [6.07, 6.45) is 0.760. The maximum Gasteiger partial charge on any atom is 0.231 e. The van der Waals surface area contributed by atoms with Crippen molar-refractivity contribution in [1.82, 2.24) is 5.32 Å². The summed E-state index contributed by atoms with van der Waals surface area (Å²) in [5.74, 6) is -3.37. The van der Waals surface area contributed by atoms with Gasteiger partial charge in [-0.05, 0) is 26.7 Å². The molecule has 0 unspecified atom stereocenters. The Balaban J connectivity index is 2.40. The van der Waals surface area contributed by atoms with Crippen LogP contribution in [0.15, 0.2) is 12.1 Å². The Bertz CT molecular complexity index is 472. The van der Waals surface area contributed by atoms with E-state index in [4.69, 9.17) is 0 Å². The summed E-state index contributed by atoms with van der Waals surface area (Å²) in [6.45, 7) is 3.54. The van der Waals surface area contributed by atoms with E-state index in [-0.39, 0.29) is 11.6 Å². The van der Waals surface area contributed by atoms with Crippen LogP contribution in [-0.4, -0.2) is 11.9 Å². The van der Waals surface area contributed by atoms with Gasteiger partial charge >= 0.3 is 0 Å². The highest BCUT2D eigenvalue weighted by atomic mass is 19.1. The monoisotopic (exact) mass is 257 g/mol. The molecule has 1 amide bonds. The van der Waals surface area contributed by atoms with Crippen molar-refractivity contribution in [2.24, 2.45) is 0 Å². The van der Waals surface area contributed by atoms with E-state index in [1.165, 1.54) is 0 Å². The SMILES string of the molecule is CC(C)NC(=O)C1(c2c(F)cc(F)cc2F)CC1. The van der Waals surface area contributed by atoms with Crippen LogP contribution in [0.25, 0.3) is 0 Å². The van der Waals surface area contributed by atoms with Gasteiger partial charge in [-0.2, -0.15) is 0 Å². The number of halogens is 3. The van der Waals surface area contributed by atoms with Crippen molar-refractivity contribution < 1.29 is 18.0 Å². The van der Waals surface area contributed by atoms with Gasteiger partial charge in [0.15, 0.2) is 0 Å². The molecule has 0 spiro atoms. The van der Waals surface area contributed by atoms with E-state index in [0.717, 1.165) is 0 Å². The third kappa shape index (κ3) is 2.09. The van der Waals surface area contributed by atoms with E-state index in [2.05, 4.69) is 5.32 Å².